The van der Waals surface area contributed by atoms with Crippen molar-refractivity contribution in [1.29, 1.82) is 0 Å². The third-order valence-electron chi connectivity index (χ3n) is 10.1. The van der Waals surface area contributed by atoms with E-state index in [2.05, 4.69) is 0 Å². The second-order valence-electron chi connectivity index (χ2n) is 12.1. The van der Waals surface area contributed by atoms with Gasteiger partial charge in [-0.3, -0.25) is 0 Å². The maximum absolute atomic E-state index is 13.4. The minimum absolute atomic E-state index is 0.111. The van der Waals surface area contributed by atoms with Crippen molar-refractivity contribution < 1.29 is 53.8 Å². The molecule has 3 saturated carbocycles. The number of carbonyl (C=O) groups is 3. The Kier molecular flexibility index (Phi) is 6.08. The fourth-order valence-electron chi connectivity index (χ4n) is 8.82. The van der Waals surface area contributed by atoms with Crippen molar-refractivity contribution >= 4 is 17.9 Å². The lowest BCUT2D eigenvalue weighted by atomic mass is 9.37. The smallest absolute Gasteiger partial charge is 0.348 e. The number of aliphatic hydroxyl groups is 4. The Labute approximate surface area is 214 Å². The van der Waals surface area contributed by atoms with E-state index < -0.39 is 88.7 Å². The molecule has 4 N–H and O–H groups in total. The predicted molar refractivity (Wildman–Crippen MR) is 123 cm³/mol. The second-order valence-corrected chi connectivity index (χ2v) is 12.1. The third kappa shape index (κ3) is 3.21. The van der Waals surface area contributed by atoms with Crippen LogP contribution >= 0.6 is 0 Å². The Balaban J connectivity index is 1.71. The van der Waals surface area contributed by atoms with Gasteiger partial charge in [0.1, 0.15) is 12.2 Å². The van der Waals surface area contributed by atoms with Gasteiger partial charge in [-0.15, -0.1) is 0 Å². The number of allylic oxidation sites excluding steroid dienone is 1. The highest BCUT2D eigenvalue weighted by Crippen LogP contribution is 2.73. The van der Waals surface area contributed by atoms with E-state index in [9.17, 15) is 34.8 Å². The minimum atomic E-state index is -2.18. The number of methoxy groups -OCH3 is 1. The van der Waals surface area contributed by atoms with Gasteiger partial charge in [0.05, 0.1) is 37.9 Å². The summed E-state index contributed by atoms with van der Waals surface area (Å²) in [6.07, 6.45) is -6.32. The summed E-state index contributed by atoms with van der Waals surface area (Å²) in [6, 6.07) is 0. The first-order valence-corrected chi connectivity index (χ1v) is 12.8. The molecule has 5 aliphatic rings. The lowest BCUT2D eigenvalue weighted by molar-refractivity contribution is -0.307. The summed E-state index contributed by atoms with van der Waals surface area (Å²) in [5.74, 6) is -5.43. The first-order chi connectivity index (χ1) is 17.3. The van der Waals surface area contributed by atoms with Crippen LogP contribution in [0, 0.1) is 34.5 Å². The van der Waals surface area contributed by atoms with E-state index in [4.69, 9.17) is 18.9 Å². The van der Waals surface area contributed by atoms with Crippen LogP contribution in [0.5, 0.6) is 0 Å². The van der Waals surface area contributed by atoms with Gasteiger partial charge in [0.2, 0.25) is 11.7 Å². The Bertz CT molecular complexity index is 1040. The second kappa shape index (κ2) is 8.47. The molecule has 37 heavy (non-hydrogen) atoms. The fraction of sp³-hybridized carbons (Fsp3) is 0.808. The Morgan fingerprint density at radius 1 is 1.11 bits per heavy atom. The average Bonchev–Trinajstić information content (AvgIpc) is 3.12. The lowest BCUT2D eigenvalue weighted by Crippen LogP contribution is -2.80. The van der Waals surface area contributed by atoms with Gasteiger partial charge >= 0.3 is 17.9 Å². The van der Waals surface area contributed by atoms with E-state index in [1.807, 2.05) is 6.92 Å². The molecule has 1 spiro atoms. The molecule has 0 aromatic heterocycles. The molecule has 11 heteroatoms. The molecule has 206 valence electrons. The molecule has 5 fully saturated rings. The number of hydrogen-bond acceptors (Lipinski definition) is 11. The van der Waals surface area contributed by atoms with Crippen LogP contribution < -0.4 is 0 Å². The van der Waals surface area contributed by atoms with E-state index in [0.717, 1.165) is 7.11 Å². The number of ether oxygens (including phenoxy) is 4. The van der Waals surface area contributed by atoms with Gasteiger partial charge in [0.25, 0.3) is 0 Å². The molecule has 5 rings (SSSR count). The van der Waals surface area contributed by atoms with Crippen LogP contribution in [0.4, 0.5) is 0 Å². The zero-order valence-corrected chi connectivity index (χ0v) is 21.6. The van der Waals surface area contributed by atoms with Gasteiger partial charge in [0.15, 0.2) is 0 Å². The van der Waals surface area contributed by atoms with E-state index >= 15 is 0 Å². The molecule has 2 heterocycles. The molecule has 0 unspecified atom stereocenters. The van der Waals surface area contributed by atoms with Crippen molar-refractivity contribution in [2.24, 2.45) is 34.5 Å². The van der Waals surface area contributed by atoms with Crippen LogP contribution in [0.3, 0.4) is 0 Å². The quantitative estimate of drug-likeness (QED) is 0.213. The third-order valence-corrected chi connectivity index (χ3v) is 10.1. The van der Waals surface area contributed by atoms with Crippen LogP contribution in [0.25, 0.3) is 0 Å². The molecule has 11 nitrogen and oxygen atoms in total. The molecule has 3 aliphatic carbocycles. The number of hydrogen-bond donors (Lipinski definition) is 4. The van der Waals surface area contributed by atoms with Crippen molar-refractivity contribution in [3.63, 3.8) is 0 Å². The molecule has 13 atom stereocenters. The van der Waals surface area contributed by atoms with Gasteiger partial charge in [-0.2, -0.15) is 0 Å². The maximum Gasteiger partial charge on any atom is 0.348 e. The highest BCUT2D eigenvalue weighted by molar-refractivity contribution is 5.89. The minimum Gasteiger partial charge on any atom is -0.467 e. The largest absolute Gasteiger partial charge is 0.467 e. The SMILES string of the molecule is COC(=O)[C@@]12OC[C@@]34[C@H]([C@H](O)[C@@H]1O)[C@]1(C)C[C@H](O)[C@@H](O)[C@H](C)[C@H]1C[C@H]3OC(=O)[C@H](OC(=O)C=C(C)C)[C@@H]24. The average molecular weight is 525 g/mol. The molecule has 2 saturated heterocycles. The van der Waals surface area contributed by atoms with Gasteiger partial charge in [-0.1, -0.05) is 19.4 Å². The Hall–Kier alpha value is -2.05. The summed E-state index contributed by atoms with van der Waals surface area (Å²) < 4.78 is 22.6. The number of aliphatic hydroxyl groups excluding tert-OH is 4. The summed E-state index contributed by atoms with van der Waals surface area (Å²) in [6.45, 7) is 6.88. The van der Waals surface area contributed by atoms with Crippen LogP contribution in [-0.2, 0) is 33.3 Å². The van der Waals surface area contributed by atoms with E-state index in [1.165, 1.54) is 6.08 Å². The molecule has 0 aromatic carbocycles. The van der Waals surface area contributed by atoms with Crippen molar-refractivity contribution in [3.05, 3.63) is 11.6 Å². The molecule has 0 aromatic rings. The summed E-state index contributed by atoms with van der Waals surface area (Å²) in [4.78, 5) is 39.4. The van der Waals surface area contributed by atoms with E-state index in [-0.39, 0.29) is 25.4 Å². The van der Waals surface area contributed by atoms with Gasteiger partial charge < -0.3 is 39.4 Å². The Morgan fingerprint density at radius 3 is 2.41 bits per heavy atom. The molecule has 2 aliphatic heterocycles. The highest BCUT2D eigenvalue weighted by atomic mass is 16.6. The molecule has 0 radical (unpaired) electrons. The first kappa shape index (κ1) is 26.6. The van der Waals surface area contributed by atoms with Gasteiger partial charge in [-0.05, 0) is 43.9 Å². The topological polar surface area (TPSA) is 169 Å². The lowest BCUT2D eigenvalue weighted by Gasteiger charge is -2.69. The van der Waals surface area contributed by atoms with Crippen molar-refractivity contribution in [3.8, 4) is 0 Å². The normalized spacial score (nSPS) is 51.8. The zero-order valence-electron chi connectivity index (χ0n) is 21.6. The highest BCUT2D eigenvalue weighted by Gasteiger charge is 2.85. The van der Waals surface area contributed by atoms with Crippen molar-refractivity contribution in [2.75, 3.05) is 13.7 Å². The van der Waals surface area contributed by atoms with Gasteiger partial charge in [-0.25, -0.2) is 14.4 Å². The summed E-state index contributed by atoms with van der Waals surface area (Å²) in [7, 11) is 1.11. The molecular formula is C26H36O11. The number of rotatable bonds is 3. The summed E-state index contributed by atoms with van der Waals surface area (Å²) in [5.41, 5.74) is -3.63. The molecular weight excluding hydrogens is 488 g/mol. The van der Waals surface area contributed by atoms with Crippen molar-refractivity contribution in [1.82, 2.24) is 0 Å². The summed E-state index contributed by atoms with van der Waals surface area (Å²) in [5, 5.41) is 44.7. The molecule has 0 amide bonds. The van der Waals surface area contributed by atoms with Crippen LogP contribution in [-0.4, -0.2) is 94.3 Å². The van der Waals surface area contributed by atoms with Crippen LogP contribution in [0.15, 0.2) is 11.6 Å². The zero-order chi connectivity index (χ0) is 27.2. The van der Waals surface area contributed by atoms with Crippen LogP contribution in [0.1, 0.15) is 40.5 Å². The molecule has 2 bridgehead atoms. The summed E-state index contributed by atoms with van der Waals surface area (Å²) >= 11 is 0. The predicted octanol–water partition coefficient (Wildman–Crippen LogP) is -0.526. The Morgan fingerprint density at radius 2 is 1.78 bits per heavy atom. The fourth-order valence-corrected chi connectivity index (χ4v) is 8.82. The standard InChI is InChI=1S/C26H36O11/c1-10(2)6-15(28)37-18-20-25-9-35-26(20,23(33)34-5)21(31)17(30)19(25)24(4)8-13(27)16(29)11(3)12(24)7-14(25)36-22(18)32/h6,11-14,16-21,27,29-31H,7-9H2,1-5H3/t11-,12-,13+,14-,16+,17+,18-,19-,20-,21+,24-,25+,26+/m1/s1. The van der Waals surface area contributed by atoms with E-state index in [0.29, 0.717) is 5.57 Å². The van der Waals surface area contributed by atoms with E-state index in [1.54, 1.807) is 20.8 Å². The van der Waals surface area contributed by atoms with Gasteiger partial charge in [0, 0.05) is 17.4 Å². The van der Waals surface area contributed by atoms with Crippen molar-refractivity contribution in [2.45, 2.75) is 82.8 Å². The van der Waals surface area contributed by atoms with Crippen LogP contribution in [0.2, 0.25) is 0 Å². The monoisotopic (exact) mass is 524 g/mol. The maximum atomic E-state index is 13.4. The number of fused-ring (bicyclic) bond motifs is 2. The number of esters is 3. The first-order valence-electron chi connectivity index (χ1n) is 12.8. The number of carbonyl (C=O) groups excluding carboxylic acids is 3.